The number of aliphatic hydroxyl groups is 1. The van der Waals surface area contributed by atoms with Gasteiger partial charge in [-0.1, -0.05) is 30.3 Å². The molecule has 0 amide bonds. The summed E-state index contributed by atoms with van der Waals surface area (Å²) in [5.74, 6) is -0.264. The maximum atomic E-state index is 12.1. The van der Waals surface area contributed by atoms with E-state index in [1.165, 1.54) is 18.2 Å². The Hall–Kier alpha value is -2.01. The van der Waals surface area contributed by atoms with E-state index in [1.807, 2.05) is 0 Å². The Balaban J connectivity index is 2.32. The predicted octanol–water partition coefficient (Wildman–Crippen LogP) is 3.74. The normalized spacial score (nSPS) is 11.4. The molecule has 0 aliphatic rings. The van der Waals surface area contributed by atoms with Crippen LogP contribution in [0, 0.1) is 0 Å². The fraction of sp³-hybridized carbons (Fsp3) is 0.143. The Morgan fingerprint density at radius 1 is 0.947 bits per heavy atom. The van der Waals surface area contributed by atoms with Gasteiger partial charge >= 0.3 is 6.36 Å². The van der Waals surface area contributed by atoms with Crippen molar-refractivity contribution in [2.24, 2.45) is 0 Å². The van der Waals surface area contributed by atoms with Crippen molar-refractivity contribution in [3.63, 3.8) is 0 Å². The Labute approximate surface area is 108 Å². The fourth-order valence-electron chi connectivity index (χ4n) is 1.72. The van der Waals surface area contributed by atoms with Crippen LogP contribution < -0.4 is 4.74 Å². The third-order valence-electron chi connectivity index (χ3n) is 2.51. The number of hydrogen-bond donors (Lipinski definition) is 1. The summed E-state index contributed by atoms with van der Waals surface area (Å²) in [6.07, 6.45) is -4.70. The minimum Gasteiger partial charge on any atom is -0.406 e. The maximum absolute atomic E-state index is 12.1. The quantitative estimate of drug-likeness (QED) is 0.918. The molecule has 0 aliphatic carbocycles. The molecule has 1 N–H and O–H groups in total. The molecule has 2 aromatic rings. The minimum atomic E-state index is -4.70. The summed E-state index contributed by atoms with van der Waals surface area (Å²) < 4.78 is 40.3. The van der Waals surface area contributed by atoms with Crippen LogP contribution in [0.3, 0.4) is 0 Å². The molecule has 5 heteroatoms. The highest BCUT2D eigenvalue weighted by Crippen LogP contribution is 2.28. The van der Waals surface area contributed by atoms with Crippen molar-refractivity contribution in [2.75, 3.05) is 0 Å². The van der Waals surface area contributed by atoms with Gasteiger partial charge in [-0.15, -0.1) is 13.2 Å². The van der Waals surface area contributed by atoms with Crippen LogP contribution in [-0.4, -0.2) is 11.5 Å². The average molecular weight is 268 g/mol. The van der Waals surface area contributed by atoms with Gasteiger partial charge in [0.2, 0.25) is 0 Å². The van der Waals surface area contributed by atoms with Crippen LogP contribution in [0.4, 0.5) is 13.2 Å². The van der Waals surface area contributed by atoms with Gasteiger partial charge < -0.3 is 9.84 Å². The zero-order chi connectivity index (χ0) is 13.9. The third kappa shape index (κ3) is 3.72. The highest BCUT2D eigenvalue weighted by Gasteiger charge is 2.31. The van der Waals surface area contributed by atoms with Crippen LogP contribution in [0.25, 0.3) is 11.1 Å². The SMILES string of the molecule is OCc1cccc(-c2cccc(OC(F)(F)F)c2)c1. The lowest BCUT2D eigenvalue weighted by Crippen LogP contribution is -2.17. The van der Waals surface area contributed by atoms with Crippen LogP contribution in [0.1, 0.15) is 5.56 Å². The Morgan fingerprint density at radius 3 is 2.21 bits per heavy atom. The number of alkyl halides is 3. The van der Waals surface area contributed by atoms with Gasteiger partial charge in [0, 0.05) is 0 Å². The Morgan fingerprint density at radius 2 is 1.58 bits per heavy atom. The molecular weight excluding hydrogens is 257 g/mol. The molecule has 100 valence electrons. The average Bonchev–Trinajstić information content (AvgIpc) is 2.37. The molecule has 0 saturated heterocycles. The van der Waals surface area contributed by atoms with Crippen molar-refractivity contribution in [1.82, 2.24) is 0 Å². The lowest BCUT2D eigenvalue weighted by Gasteiger charge is -2.10. The van der Waals surface area contributed by atoms with Gasteiger partial charge in [-0.25, -0.2) is 0 Å². The minimum absolute atomic E-state index is 0.118. The zero-order valence-corrected chi connectivity index (χ0v) is 9.82. The number of halogens is 3. The van der Waals surface area contributed by atoms with Crippen LogP contribution >= 0.6 is 0 Å². The summed E-state index contributed by atoms with van der Waals surface area (Å²) in [4.78, 5) is 0. The first kappa shape index (κ1) is 13.4. The molecule has 0 unspecified atom stereocenters. The summed E-state index contributed by atoms with van der Waals surface area (Å²) >= 11 is 0. The topological polar surface area (TPSA) is 29.5 Å². The molecule has 2 aromatic carbocycles. The van der Waals surface area contributed by atoms with Gasteiger partial charge in [0.05, 0.1) is 6.61 Å². The van der Waals surface area contributed by atoms with E-state index in [9.17, 15) is 13.2 Å². The smallest absolute Gasteiger partial charge is 0.406 e. The monoisotopic (exact) mass is 268 g/mol. The van der Waals surface area contributed by atoms with Gasteiger partial charge in [0.15, 0.2) is 0 Å². The van der Waals surface area contributed by atoms with E-state index < -0.39 is 6.36 Å². The van der Waals surface area contributed by atoms with Crippen LogP contribution in [0.15, 0.2) is 48.5 Å². The highest BCUT2D eigenvalue weighted by atomic mass is 19.4. The molecule has 0 saturated carbocycles. The van der Waals surface area contributed by atoms with E-state index in [0.717, 1.165) is 5.56 Å². The second kappa shape index (κ2) is 5.32. The van der Waals surface area contributed by atoms with Crippen LogP contribution in [0.2, 0.25) is 0 Å². The molecular formula is C14H11F3O2. The van der Waals surface area contributed by atoms with Crippen molar-refractivity contribution in [3.05, 3.63) is 54.1 Å². The molecule has 0 aliphatic heterocycles. The molecule has 0 radical (unpaired) electrons. The highest BCUT2D eigenvalue weighted by molar-refractivity contribution is 5.65. The molecule has 0 heterocycles. The first-order valence-electron chi connectivity index (χ1n) is 5.54. The zero-order valence-electron chi connectivity index (χ0n) is 9.82. The van der Waals surface area contributed by atoms with Gasteiger partial charge in [0.25, 0.3) is 0 Å². The van der Waals surface area contributed by atoms with E-state index in [4.69, 9.17) is 5.11 Å². The Kier molecular flexibility index (Phi) is 3.76. The summed E-state index contributed by atoms with van der Waals surface area (Å²) in [6, 6.07) is 12.7. The molecule has 2 nitrogen and oxygen atoms in total. The number of benzene rings is 2. The molecule has 0 bridgehead atoms. The first-order chi connectivity index (χ1) is 8.98. The summed E-state index contributed by atoms with van der Waals surface area (Å²) in [5.41, 5.74) is 2.01. The van der Waals surface area contributed by atoms with E-state index in [0.29, 0.717) is 11.1 Å². The second-order valence-corrected chi connectivity index (χ2v) is 3.93. The van der Waals surface area contributed by atoms with E-state index in [2.05, 4.69) is 4.74 Å². The van der Waals surface area contributed by atoms with Gasteiger partial charge in [-0.2, -0.15) is 0 Å². The molecule has 0 spiro atoms. The van der Waals surface area contributed by atoms with E-state index in [-0.39, 0.29) is 12.4 Å². The van der Waals surface area contributed by atoms with Crippen molar-refractivity contribution in [1.29, 1.82) is 0 Å². The molecule has 0 aromatic heterocycles. The molecule has 19 heavy (non-hydrogen) atoms. The Bertz CT molecular complexity index is 565. The predicted molar refractivity (Wildman–Crippen MR) is 64.5 cm³/mol. The van der Waals surface area contributed by atoms with Crippen molar-refractivity contribution in [2.45, 2.75) is 13.0 Å². The third-order valence-corrected chi connectivity index (χ3v) is 2.51. The standard InChI is InChI=1S/C14H11F3O2/c15-14(16,17)19-13-6-2-5-12(8-13)11-4-1-3-10(7-11)9-18/h1-8,18H,9H2. The van der Waals surface area contributed by atoms with Gasteiger partial charge in [-0.05, 0) is 34.9 Å². The number of hydrogen-bond acceptors (Lipinski definition) is 2. The van der Waals surface area contributed by atoms with Crippen LogP contribution in [0.5, 0.6) is 5.75 Å². The van der Waals surface area contributed by atoms with E-state index in [1.54, 1.807) is 30.3 Å². The largest absolute Gasteiger partial charge is 0.573 e. The van der Waals surface area contributed by atoms with Crippen LogP contribution in [-0.2, 0) is 6.61 Å². The molecule has 0 fully saturated rings. The van der Waals surface area contributed by atoms with Crippen molar-refractivity contribution < 1.29 is 23.0 Å². The summed E-state index contributed by atoms with van der Waals surface area (Å²) in [7, 11) is 0. The maximum Gasteiger partial charge on any atom is 0.573 e. The van der Waals surface area contributed by atoms with Gasteiger partial charge in [-0.3, -0.25) is 0 Å². The second-order valence-electron chi connectivity index (χ2n) is 3.93. The fourth-order valence-corrected chi connectivity index (χ4v) is 1.72. The van der Waals surface area contributed by atoms with Gasteiger partial charge in [0.1, 0.15) is 5.75 Å². The van der Waals surface area contributed by atoms with Crippen molar-refractivity contribution >= 4 is 0 Å². The lowest BCUT2D eigenvalue weighted by atomic mass is 10.0. The molecule has 2 rings (SSSR count). The number of aliphatic hydroxyl groups excluding tert-OH is 1. The summed E-state index contributed by atoms with van der Waals surface area (Å²) in [5, 5.41) is 9.04. The number of rotatable bonds is 3. The summed E-state index contributed by atoms with van der Waals surface area (Å²) in [6.45, 7) is -0.118. The van der Waals surface area contributed by atoms with Crippen molar-refractivity contribution in [3.8, 4) is 16.9 Å². The van der Waals surface area contributed by atoms with E-state index >= 15 is 0 Å². The lowest BCUT2D eigenvalue weighted by molar-refractivity contribution is -0.274. The number of ether oxygens (including phenoxy) is 1. The molecule has 0 atom stereocenters. The first-order valence-corrected chi connectivity index (χ1v) is 5.54.